The van der Waals surface area contributed by atoms with Gasteiger partial charge in [-0.1, -0.05) is 12.1 Å². The molecule has 0 bridgehead atoms. The Kier molecular flexibility index (Phi) is 3.71. The highest BCUT2D eigenvalue weighted by Gasteiger charge is 2.27. The normalized spacial score (nSPS) is 13.7. The minimum atomic E-state index is -0.263. The van der Waals surface area contributed by atoms with Crippen molar-refractivity contribution in [1.29, 1.82) is 0 Å². The smallest absolute Gasteiger partial charge is 0.259 e. The summed E-state index contributed by atoms with van der Waals surface area (Å²) < 4.78 is 0. The number of amides is 1. The van der Waals surface area contributed by atoms with Crippen LogP contribution in [0.3, 0.4) is 0 Å². The van der Waals surface area contributed by atoms with Crippen LogP contribution >= 0.6 is 0 Å². The summed E-state index contributed by atoms with van der Waals surface area (Å²) in [5.41, 5.74) is 2.29. The number of rotatable bonds is 4. The Bertz CT molecular complexity index is 751. The van der Waals surface area contributed by atoms with Crippen molar-refractivity contribution in [2.75, 3.05) is 5.32 Å². The molecule has 0 atom stereocenters. The lowest BCUT2D eigenvalue weighted by molar-refractivity contribution is 0.101. The molecular formula is C17H17N3O2. The van der Waals surface area contributed by atoms with Crippen LogP contribution in [0.15, 0.2) is 30.5 Å². The fraction of sp³-hybridized carbons (Fsp3) is 0.294. The first-order valence-corrected chi connectivity index (χ1v) is 7.30. The molecule has 0 radical (unpaired) electrons. The number of anilines is 1. The van der Waals surface area contributed by atoms with Crippen LogP contribution in [-0.2, 0) is 0 Å². The Hall–Kier alpha value is -2.56. The molecule has 5 nitrogen and oxygen atoms in total. The zero-order valence-corrected chi connectivity index (χ0v) is 12.6. The van der Waals surface area contributed by atoms with Crippen molar-refractivity contribution in [3.05, 3.63) is 53.1 Å². The number of hydrogen-bond donors (Lipinski definition) is 1. The minimum absolute atomic E-state index is 0.0376. The number of nitrogens with zero attached hydrogens (tertiary/aromatic N) is 2. The van der Waals surface area contributed by atoms with Gasteiger partial charge in [0.05, 0.1) is 11.3 Å². The molecule has 1 heterocycles. The van der Waals surface area contributed by atoms with Crippen LogP contribution in [0.1, 0.15) is 57.9 Å². The molecule has 1 aliphatic rings. The summed E-state index contributed by atoms with van der Waals surface area (Å²) in [6, 6.07) is 6.87. The molecule has 0 aliphatic heterocycles. The van der Waals surface area contributed by atoms with E-state index in [1.165, 1.54) is 6.92 Å². The first kappa shape index (κ1) is 14.4. The fourth-order valence-corrected chi connectivity index (χ4v) is 2.26. The van der Waals surface area contributed by atoms with Crippen molar-refractivity contribution < 1.29 is 9.59 Å². The zero-order chi connectivity index (χ0) is 15.7. The number of Topliss-reactive ketones (excluding diaryl/α,β-unsaturated/α-hetero) is 1. The number of hydrogen-bond acceptors (Lipinski definition) is 4. The van der Waals surface area contributed by atoms with Gasteiger partial charge in [0.1, 0.15) is 5.82 Å². The number of ketones is 1. The largest absolute Gasteiger partial charge is 0.322 e. The number of carbonyl (C=O) groups excluding carboxylic acids is 2. The number of aryl methyl sites for hydroxylation is 1. The molecule has 112 valence electrons. The van der Waals surface area contributed by atoms with Gasteiger partial charge in [-0.25, -0.2) is 9.97 Å². The van der Waals surface area contributed by atoms with Crippen molar-refractivity contribution in [1.82, 2.24) is 9.97 Å². The average Bonchev–Trinajstić information content (AvgIpc) is 3.31. The van der Waals surface area contributed by atoms with Crippen LogP contribution in [0.4, 0.5) is 5.69 Å². The second-order valence-corrected chi connectivity index (χ2v) is 5.59. The molecule has 0 saturated heterocycles. The van der Waals surface area contributed by atoms with Gasteiger partial charge in [-0.15, -0.1) is 0 Å². The van der Waals surface area contributed by atoms with Gasteiger partial charge in [0.15, 0.2) is 5.78 Å². The third kappa shape index (κ3) is 3.03. The Morgan fingerprint density at radius 1 is 1.27 bits per heavy atom. The van der Waals surface area contributed by atoms with Gasteiger partial charge < -0.3 is 5.32 Å². The molecule has 22 heavy (non-hydrogen) atoms. The number of carbonyl (C=O) groups is 2. The molecular weight excluding hydrogens is 278 g/mol. The van der Waals surface area contributed by atoms with Crippen LogP contribution in [-0.4, -0.2) is 21.7 Å². The molecule has 5 heteroatoms. The standard InChI is InChI=1S/C17H17N3O2/c1-10-15(9-18-16(19-10)12-6-7-12)17(22)20-14-5-3-4-13(8-14)11(2)21/h3-5,8-9,12H,6-7H2,1-2H3,(H,20,22). The summed E-state index contributed by atoms with van der Waals surface area (Å²) in [4.78, 5) is 32.4. The molecule has 1 N–H and O–H groups in total. The van der Waals surface area contributed by atoms with E-state index < -0.39 is 0 Å². The molecule has 0 unspecified atom stereocenters. The zero-order valence-electron chi connectivity index (χ0n) is 12.6. The van der Waals surface area contributed by atoms with Gasteiger partial charge in [-0.2, -0.15) is 0 Å². The lowest BCUT2D eigenvalue weighted by Crippen LogP contribution is -2.15. The molecule has 1 aliphatic carbocycles. The van der Waals surface area contributed by atoms with E-state index in [2.05, 4.69) is 15.3 Å². The highest BCUT2D eigenvalue weighted by Crippen LogP contribution is 2.37. The number of aromatic nitrogens is 2. The molecule has 1 aromatic carbocycles. The maximum Gasteiger partial charge on any atom is 0.259 e. The van der Waals surface area contributed by atoms with Gasteiger partial charge in [-0.3, -0.25) is 9.59 Å². The van der Waals surface area contributed by atoms with E-state index in [9.17, 15) is 9.59 Å². The molecule has 2 aromatic rings. The van der Waals surface area contributed by atoms with Crippen molar-refractivity contribution >= 4 is 17.4 Å². The Labute approximate surface area is 128 Å². The van der Waals surface area contributed by atoms with Crippen LogP contribution in [0.2, 0.25) is 0 Å². The van der Waals surface area contributed by atoms with E-state index in [-0.39, 0.29) is 11.7 Å². The van der Waals surface area contributed by atoms with Gasteiger partial charge in [0, 0.05) is 23.4 Å². The van der Waals surface area contributed by atoms with Crippen molar-refractivity contribution in [3.8, 4) is 0 Å². The molecule has 1 aromatic heterocycles. The van der Waals surface area contributed by atoms with Gasteiger partial charge in [0.25, 0.3) is 5.91 Å². The summed E-state index contributed by atoms with van der Waals surface area (Å²) in [5, 5.41) is 2.79. The summed E-state index contributed by atoms with van der Waals surface area (Å²) in [5.74, 6) is 0.987. The fourth-order valence-electron chi connectivity index (χ4n) is 2.26. The predicted molar refractivity (Wildman–Crippen MR) is 83.1 cm³/mol. The third-order valence-corrected chi connectivity index (χ3v) is 3.71. The van der Waals surface area contributed by atoms with Crippen molar-refractivity contribution in [3.63, 3.8) is 0 Å². The van der Waals surface area contributed by atoms with E-state index in [0.717, 1.165) is 18.7 Å². The van der Waals surface area contributed by atoms with E-state index in [0.29, 0.717) is 28.4 Å². The summed E-state index contributed by atoms with van der Waals surface area (Å²) in [6.07, 6.45) is 3.84. The average molecular weight is 295 g/mol. The van der Waals surface area contributed by atoms with Gasteiger partial charge >= 0.3 is 0 Å². The maximum atomic E-state index is 12.3. The van der Waals surface area contributed by atoms with Crippen LogP contribution in [0.25, 0.3) is 0 Å². The van der Waals surface area contributed by atoms with Gasteiger partial charge in [0.2, 0.25) is 0 Å². The summed E-state index contributed by atoms with van der Waals surface area (Å²) >= 11 is 0. The topological polar surface area (TPSA) is 72.0 Å². The number of benzene rings is 1. The van der Waals surface area contributed by atoms with E-state index >= 15 is 0 Å². The molecule has 1 amide bonds. The Morgan fingerprint density at radius 2 is 2.05 bits per heavy atom. The molecule has 1 fully saturated rings. The molecule has 3 rings (SSSR count). The highest BCUT2D eigenvalue weighted by molar-refractivity contribution is 6.05. The lowest BCUT2D eigenvalue weighted by atomic mass is 10.1. The Balaban J connectivity index is 1.79. The minimum Gasteiger partial charge on any atom is -0.322 e. The summed E-state index contributed by atoms with van der Waals surface area (Å²) in [6.45, 7) is 3.31. The monoisotopic (exact) mass is 295 g/mol. The van der Waals surface area contributed by atoms with Crippen LogP contribution in [0, 0.1) is 6.92 Å². The second kappa shape index (κ2) is 5.67. The molecule has 0 spiro atoms. The summed E-state index contributed by atoms with van der Waals surface area (Å²) in [7, 11) is 0. The molecule has 1 saturated carbocycles. The SMILES string of the molecule is CC(=O)c1cccc(NC(=O)c2cnc(C3CC3)nc2C)c1. The lowest BCUT2D eigenvalue weighted by Gasteiger charge is -2.08. The quantitative estimate of drug-likeness (QED) is 0.880. The van der Waals surface area contributed by atoms with Crippen molar-refractivity contribution in [2.45, 2.75) is 32.6 Å². The van der Waals surface area contributed by atoms with Crippen LogP contribution < -0.4 is 5.32 Å². The van der Waals surface area contributed by atoms with Crippen LogP contribution in [0.5, 0.6) is 0 Å². The first-order chi connectivity index (χ1) is 10.5. The predicted octanol–water partition coefficient (Wildman–Crippen LogP) is 3.12. The second-order valence-electron chi connectivity index (χ2n) is 5.59. The van der Waals surface area contributed by atoms with E-state index in [1.54, 1.807) is 30.5 Å². The highest BCUT2D eigenvalue weighted by atomic mass is 16.1. The van der Waals surface area contributed by atoms with Gasteiger partial charge in [-0.05, 0) is 38.8 Å². The first-order valence-electron chi connectivity index (χ1n) is 7.30. The number of nitrogens with one attached hydrogen (secondary N) is 1. The van der Waals surface area contributed by atoms with Crippen molar-refractivity contribution in [2.24, 2.45) is 0 Å². The maximum absolute atomic E-state index is 12.3. The Morgan fingerprint density at radius 3 is 2.68 bits per heavy atom. The third-order valence-electron chi connectivity index (χ3n) is 3.71. The van der Waals surface area contributed by atoms with E-state index in [4.69, 9.17) is 0 Å². The van der Waals surface area contributed by atoms with E-state index in [1.807, 2.05) is 6.92 Å².